The highest BCUT2D eigenvalue weighted by atomic mass is 16.5. The molecule has 2 aliphatic rings. The topological polar surface area (TPSA) is 99.1 Å². The normalized spacial score (nSPS) is 28.5. The zero-order valence-electron chi connectivity index (χ0n) is 26.6. The van der Waals surface area contributed by atoms with Gasteiger partial charge in [-0.15, -0.1) is 0 Å². The van der Waals surface area contributed by atoms with Gasteiger partial charge in [-0.2, -0.15) is 0 Å². The Morgan fingerprint density at radius 2 is 1.74 bits per heavy atom. The van der Waals surface area contributed by atoms with Crippen LogP contribution in [0.25, 0.3) is 0 Å². The minimum atomic E-state index is -1.02. The summed E-state index contributed by atoms with van der Waals surface area (Å²) in [5.74, 6) is -1.22. The summed E-state index contributed by atoms with van der Waals surface area (Å²) in [6.45, 7) is 14.9. The number of carbonyl (C=O) groups is 2. The molecule has 1 saturated carbocycles. The number of rotatable bonds is 7. The molecule has 0 radical (unpaired) electrons. The zero-order chi connectivity index (χ0) is 31.0. The van der Waals surface area contributed by atoms with E-state index in [2.05, 4.69) is 59.0 Å². The first-order valence-corrected chi connectivity index (χ1v) is 15.3. The number of nitrogens with zero attached hydrogens (tertiary/aromatic N) is 1. The number of hydrogen-bond donors (Lipinski definition) is 3. The van der Waals surface area contributed by atoms with Crippen molar-refractivity contribution in [1.82, 2.24) is 10.2 Å². The predicted molar refractivity (Wildman–Crippen MR) is 165 cm³/mol. The van der Waals surface area contributed by atoms with E-state index < -0.39 is 35.0 Å². The Morgan fingerprint density at radius 3 is 2.29 bits per heavy atom. The molecule has 7 heteroatoms. The van der Waals surface area contributed by atoms with Gasteiger partial charge in [0, 0.05) is 30.0 Å². The molecule has 0 spiro atoms. The van der Waals surface area contributed by atoms with E-state index in [1.165, 1.54) is 5.56 Å². The maximum Gasteiger partial charge on any atom is 0.326 e. The van der Waals surface area contributed by atoms with Crippen molar-refractivity contribution in [2.24, 2.45) is 17.3 Å². The average molecular weight is 579 g/mol. The molecule has 1 aliphatic heterocycles. The van der Waals surface area contributed by atoms with Gasteiger partial charge in [-0.25, -0.2) is 4.79 Å². The largest absolute Gasteiger partial charge is 0.496 e. The van der Waals surface area contributed by atoms with E-state index in [9.17, 15) is 19.8 Å². The minimum Gasteiger partial charge on any atom is -0.496 e. The Bertz CT molecular complexity index is 1260. The van der Waals surface area contributed by atoms with Crippen molar-refractivity contribution in [3.63, 3.8) is 0 Å². The molecule has 4 rings (SSSR count). The Balaban J connectivity index is 1.82. The maximum absolute atomic E-state index is 14.4. The summed E-state index contributed by atoms with van der Waals surface area (Å²) in [4.78, 5) is 29.2. The van der Waals surface area contributed by atoms with Gasteiger partial charge in [-0.05, 0) is 60.6 Å². The summed E-state index contributed by atoms with van der Waals surface area (Å²) >= 11 is 0. The summed E-state index contributed by atoms with van der Waals surface area (Å²) in [5, 5.41) is 25.4. The Labute approximate surface area is 251 Å². The number of methoxy groups -OCH3 is 1. The van der Waals surface area contributed by atoms with Crippen LogP contribution in [-0.4, -0.2) is 51.8 Å². The van der Waals surface area contributed by atoms with Gasteiger partial charge >= 0.3 is 5.97 Å². The second kappa shape index (κ2) is 12.0. The molecule has 1 aliphatic carbocycles. The lowest BCUT2D eigenvalue weighted by Gasteiger charge is -2.38. The number of ether oxygens (including phenoxy) is 1. The lowest BCUT2D eigenvalue weighted by atomic mass is 9.72. The molecule has 0 bridgehead atoms. The lowest BCUT2D eigenvalue weighted by molar-refractivity contribution is -0.156. The first-order valence-electron chi connectivity index (χ1n) is 15.3. The molecule has 2 aromatic rings. The van der Waals surface area contributed by atoms with Crippen molar-refractivity contribution in [1.29, 1.82) is 0 Å². The number of carbonyl (C=O) groups excluding carboxylic acids is 1. The minimum absolute atomic E-state index is 0.0479. The van der Waals surface area contributed by atoms with Gasteiger partial charge in [-0.3, -0.25) is 4.79 Å². The van der Waals surface area contributed by atoms with E-state index in [0.717, 1.165) is 23.3 Å². The average Bonchev–Trinajstić information content (AvgIpc) is 3.26. The summed E-state index contributed by atoms with van der Waals surface area (Å²) < 4.78 is 5.73. The summed E-state index contributed by atoms with van der Waals surface area (Å²) in [7, 11) is 1.66. The molecule has 2 aromatic carbocycles. The van der Waals surface area contributed by atoms with Crippen molar-refractivity contribution >= 4 is 11.9 Å². The standard InChI is InChI=1S/C35H50N2O5/c1-33(2,3)25-16-17-26(42-8)24(19-25)21-36-28-27(34(4,5)6)30(32(39)40)37(29(28)22-13-10-9-11-14-22)31(38)23-15-12-18-35(7,41)20-23/h9-11,13-14,16-17,19,23,27-30,36,41H,12,15,18,20-21H2,1-8H3,(H,39,40)/t23-,27+,28+,29+,30+,35-/m1/s1. The Hall–Kier alpha value is -2.90. The number of amides is 1. The second-order valence-electron chi connectivity index (χ2n) is 14.7. The molecular formula is C35H50N2O5. The third-order valence-corrected chi connectivity index (χ3v) is 9.29. The van der Waals surface area contributed by atoms with Gasteiger partial charge in [0.05, 0.1) is 18.8 Å². The Kier molecular flexibility index (Phi) is 9.15. The van der Waals surface area contributed by atoms with Crippen LogP contribution in [0.3, 0.4) is 0 Å². The van der Waals surface area contributed by atoms with Gasteiger partial charge in [-0.1, -0.05) is 84.0 Å². The van der Waals surface area contributed by atoms with Crippen LogP contribution < -0.4 is 10.1 Å². The van der Waals surface area contributed by atoms with E-state index in [1.807, 2.05) is 36.4 Å². The van der Waals surface area contributed by atoms with Gasteiger partial charge in [0.1, 0.15) is 11.8 Å². The lowest BCUT2D eigenvalue weighted by Crippen LogP contribution is -2.50. The zero-order valence-corrected chi connectivity index (χ0v) is 26.6. The van der Waals surface area contributed by atoms with Crippen molar-refractivity contribution in [3.8, 4) is 5.75 Å². The molecule has 230 valence electrons. The van der Waals surface area contributed by atoms with E-state index in [4.69, 9.17) is 4.74 Å². The van der Waals surface area contributed by atoms with Crippen LogP contribution in [0.4, 0.5) is 0 Å². The molecule has 2 fully saturated rings. The number of hydrogen-bond acceptors (Lipinski definition) is 5. The first-order chi connectivity index (χ1) is 19.5. The molecule has 1 saturated heterocycles. The maximum atomic E-state index is 14.4. The molecule has 7 nitrogen and oxygen atoms in total. The summed E-state index contributed by atoms with van der Waals surface area (Å²) in [5.41, 5.74) is 1.66. The van der Waals surface area contributed by atoms with Crippen LogP contribution >= 0.6 is 0 Å². The quantitative estimate of drug-likeness (QED) is 0.368. The van der Waals surface area contributed by atoms with Crippen molar-refractivity contribution in [2.75, 3.05) is 7.11 Å². The molecular weight excluding hydrogens is 528 g/mol. The van der Waals surface area contributed by atoms with E-state index in [0.29, 0.717) is 25.8 Å². The summed E-state index contributed by atoms with van der Waals surface area (Å²) in [6.07, 6.45) is 2.37. The highest BCUT2D eigenvalue weighted by molar-refractivity contribution is 5.87. The predicted octanol–water partition coefficient (Wildman–Crippen LogP) is 6.09. The van der Waals surface area contributed by atoms with Crippen molar-refractivity contribution < 1.29 is 24.5 Å². The van der Waals surface area contributed by atoms with Crippen molar-refractivity contribution in [3.05, 3.63) is 65.2 Å². The first kappa shape index (κ1) is 32.0. The van der Waals surface area contributed by atoms with Gasteiger partial charge in [0.25, 0.3) is 0 Å². The molecule has 0 aromatic heterocycles. The number of aliphatic hydroxyl groups is 1. The van der Waals surface area contributed by atoms with Crippen LogP contribution in [-0.2, 0) is 21.5 Å². The number of likely N-dealkylation sites (tertiary alicyclic amines) is 1. The highest BCUT2D eigenvalue weighted by Gasteiger charge is 2.58. The molecule has 1 amide bonds. The summed E-state index contributed by atoms with van der Waals surface area (Å²) in [6, 6.07) is 14.2. The van der Waals surface area contributed by atoms with Gasteiger partial charge in [0.2, 0.25) is 5.91 Å². The third kappa shape index (κ3) is 6.68. The number of carboxylic acids is 1. The number of nitrogens with one attached hydrogen (secondary N) is 1. The number of aliphatic carboxylic acids is 1. The van der Waals surface area contributed by atoms with Crippen LogP contribution in [0.5, 0.6) is 5.75 Å². The Morgan fingerprint density at radius 1 is 1.07 bits per heavy atom. The second-order valence-corrected chi connectivity index (χ2v) is 14.7. The fourth-order valence-electron chi connectivity index (χ4n) is 7.22. The van der Waals surface area contributed by atoms with Crippen LogP contribution in [0.15, 0.2) is 48.5 Å². The molecule has 6 atom stereocenters. The monoisotopic (exact) mass is 578 g/mol. The smallest absolute Gasteiger partial charge is 0.326 e. The molecule has 1 heterocycles. The number of benzene rings is 2. The van der Waals surface area contributed by atoms with E-state index >= 15 is 0 Å². The van der Waals surface area contributed by atoms with Gasteiger partial charge in [0.15, 0.2) is 0 Å². The van der Waals surface area contributed by atoms with Crippen LogP contribution in [0.1, 0.15) is 96.9 Å². The van der Waals surface area contributed by atoms with E-state index in [-0.39, 0.29) is 23.3 Å². The fourth-order valence-corrected chi connectivity index (χ4v) is 7.22. The van der Waals surface area contributed by atoms with Crippen LogP contribution in [0.2, 0.25) is 0 Å². The van der Waals surface area contributed by atoms with Crippen molar-refractivity contribution in [2.45, 2.75) is 110 Å². The SMILES string of the molecule is COc1ccc(C(C)(C)C)cc1CN[C@H]1[C@H](C(C)(C)C)[C@@H](C(=O)O)N(C(=O)[C@@H]2CCC[C@@](C)(O)C2)[C@H]1c1ccccc1. The molecule has 42 heavy (non-hydrogen) atoms. The molecule has 0 unspecified atom stereocenters. The fraction of sp³-hybridized carbons (Fsp3) is 0.600. The third-order valence-electron chi connectivity index (χ3n) is 9.29. The molecule has 3 N–H and O–H groups in total. The van der Waals surface area contributed by atoms with Gasteiger partial charge < -0.3 is 25.2 Å². The number of carboxylic acid groups (broad SMARTS) is 1. The van der Waals surface area contributed by atoms with E-state index in [1.54, 1.807) is 18.9 Å². The van der Waals surface area contributed by atoms with Crippen LogP contribution in [0, 0.1) is 17.3 Å². The highest BCUT2D eigenvalue weighted by Crippen LogP contribution is 2.49.